The lowest BCUT2D eigenvalue weighted by Crippen LogP contribution is -2.38. The first-order valence-electron chi connectivity index (χ1n) is 9.93. The highest BCUT2D eigenvalue weighted by Gasteiger charge is 2.56. The van der Waals surface area contributed by atoms with E-state index in [-0.39, 0.29) is 35.5 Å². The Morgan fingerprint density at radius 1 is 1.04 bits per heavy atom. The molecule has 1 saturated carbocycles. The van der Waals surface area contributed by atoms with E-state index >= 15 is 0 Å². The topological polar surface area (TPSA) is 59.0 Å². The summed E-state index contributed by atoms with van der Waals surface area (Å²) < 4.78 is 5.76. The molecule has 2 bridgehead atoms. The summed E-state index contributed by atoms with van der Waals surface area (Å²) in [5, 5.41) is 7.51. The minimum absolute atomic E-state index is 0.163. The van der Waals surface area contributed by atoms with Crippen LogP contribution in [0.15, 0.2) is 53.7 Å². The first kappa shape index (κ1) is 17.2. The molecule has 2 aromatic rings. The van der Waals surface area contributed by atoms with Crippen LogP contribution in [0.3, 0.4) is 0 Å². The summed E-state index contributed by atoms with van der Waals surface area (Å²) in [6.07, 6.45) is 7.81. The number of carbonyl (C=O) groups is 2. The van der Waals surface area contributed by atoms with E-state index in [4.69, 9.17) is 4.74 Å². The third-order valence-corrected chi connectivity index (χ3v) is 6.27. The molecule has 1 heterocycles. The van der Waals surface area contributed by atoms with Crippen LogP contribution in [-0.2, 0) is 9.59 Å². The first-order chi connectivity index (χ1) is 13.7. The third-order valence-electron chi connectivity index (χ3n) is 6.27. The molecule has 28 heavy (non-hydrogen) atoms. The highest BCUT2D eigenvalue weighted by atomic mass is 16.5. The molecular weight excluding hydrogens is 352 g/mol. The van der Waals surface area contributed by atoms with Gasteiger partial charge in [-0.05, 0) is 48.4 Å². The molecule has 2 fully saturated rings. The van der Waals surface area contributed by atoms with Crippen molar-refractivity contribution in [3.8, 4) is 5.75 Å². The number of rotatable bonds is 4. The van der Waals surface area contributed by atoms with Gasteiger partial charge in [-0.3, -0.25) is 9.59 Å². The Labute approximate surface area is 163 Å². The number of benzene rings is 2. The van der Waals surface area contributed by atoms with Gasteiger partial charge < -0.3 is 4.74 Å². The smallest absolute Gasteiger partial charge is 0.254 e. The third kappa shape index (κ3) is 2.49. The summed E-state index contributed by atoms with van der Waals surface area (Å²) in [4.78, 5) is 25.9. The molecule has 5 nitrogen and oxygen atoms in total. The molecule has 4 unspecified atom stereocenters. The molecule has 4 atom stereocenters. The summed E-state index contributed by atoms with van der Waals surface area (Å²) in [5.41, 5.74) is 0.788. The molecule has 1 saturated heterocycles. The van der Waals surface area contributed by atoms with E-state index in [2.05, 4.69) is 17.3 Å². The van der Waals surface area contributed by atoms with Gasteiger partial charge in [0.15, 0.2) is 0 Å². The van der Waals surface area contributed by atoms with Crippen LogP contribution in [0, 0.1) is 23.7 Å². The van der Waals surface area contributed by atoms with Crippen molar-refractivity contribution in [1.29, 1.82) is 0 Å². The molecule has 5 heteroatoms. The second-order valence-corrected chi connectivity index (χ2v) is 7.71. The lowest BCUT2D eigenvalue weighted by Gasteiger charge is -2.37. The summed E-state index contributed by atoms with van der Waals surface area (Å²) >= 11 is 0. The number of ether oxygens (including phenoxy) is 1. The van der Waals surface area contributed by atoms with Crippen LogP contribution in [-0.4, -0.2) is 29.6 Å². The van der Waals surface area contributed by atoms with Gasteiger partial charge >= 0.3 is 0 Å². The lowest BCUT2D eigenvalue weighted by atomic mass is 9.63. The monoisotopic (exact) mass is 374 g/mol. The second-order valence-electron chi connectivity index (χ2n) is 7.71. The quantitative estimate of drug-likeness (QED) is 0.465. The fourth-order valence-electron chi connectivity index (χ4n) is 4.98. The number of hydrazone groups is 1. The van der Waals surface area contributed by atoms with Gasteiger partial charge in [0.05, 0.1) is 24.7 Å². The van der Waals surface area contributed by atoms with Gasteiger partial charge in [0.25, 0.3) is 11.8 Å². The summed E-state index contributed by atoms with van der Waals surface area (Å²) in [5.74, 6) is 0.223. The number of imide groups is 1. The van der Waals surface area contributed by atoms with Crippen LogP contribution in [0.1, 0.15) is 25.3 Å². The number of hydrogen-bond acceptors (Lipinski definition) is 4. The molecule has 6 rings (SSSR count). The predicted molar refractivity (Wildman–Crippen MR) is 107 cm³/mol. The van der Waals surface area contributed by atoms with Crippen molar-refractivity contribution in [3.05, 3.63) is 54.1 Å². The fraction of sp³-hybridized carbons (Fsp3) is 0.348. The van der Waals surface area contributed by atoms with E-state index in [1.54, 1.807) is 6.21 Å². The van der Waals surface area contributed by atoms with Crippen molar-refractivity contribution < 1.29 is 14.3 Å². The number of fused-ring (bicyclic) bond motifs is 2. The van der Waals surface area contributed by atoms with Gasteiger partial charge in [-0.25, -0.2) is 0 Å². The van der Waals surface area contributed by atoms with Crippen LogP contribution < -0.4 is 4.74 Å². The summed E-state index contributed by atoms with van der Waals surface area (Å²) in [6.45, 7) is 2.46. The fourth-order valence-corrected chi connectivity index (χ4v) is 4.98. The average Bonchev–Trinajstić information content (AvgIpc) is 3.00. The molecule has 0 spiro atoms. The normalized spacial score (nSPS) is 28.5. The number of nitrogens with zero attached hydrogens (tertiary/aromatic N) is 2. The number of hydrogen-bond donors (Lipinski definition) is 0. The van der Waals surface area contributed by atoms with Gasteiger partial charge in [-0.2, -0.15) is 10.1 Å². The lowest BCUT2D eigenvalue weighted by molar-refractivity contribution is -0.140. The zero-order valence-electron chi connectivity index (χ0n) is 15.7. The van der Waals surface area contributed by atoms with Crippen molar-refractivity contribution in [1.82, 2.24) is 5.01 Å². The molecule has 0 radical (unpaired) electrons. The van der Waals surface area contributed by atoms with E-state index in [1.807, 2.05) is 43.3 Å². The number of carbonyl (C=O) groups excluding carboxylic acids is 2. The minimum atomic E-state index is -0.243. The molecular formula is C23H22N2O3. The number of amides is 2. The van der Waals surface area contributed by atoms with Crippen LogP contribution in [0.5, 0.6) is 5.75 Å². The minimum Gasteiger partial charge on any atom is -0.493 e. The molecule has 0 aromatic heterocycles. The van der Waals surface area contributed by atoms with Gasteiger partial charge in [0.1, 0.15) is 5.75 Å². The Hall–Kier alpha value is -2.95. The Morgan fingerprint density at radius 2 is 1.71 bits per heavy atom. The maximum absolute atomic E-state index is 13.0. The molecule has 142 valence electrons. The molecule has 0 N–H and O–H groups in total. The molecule has 1 aliphatic heterocycles. The van der Waals surface area contributed by atoms with E-state index < -0.39 is 0 Å². The standard InChI is InChI=1S/C23H22N2O3/c1-2-28-19-12-11-14-5-3-4-6-17(14)18(19)13-24-25-22(26)20-15-7-8-16(10-9-15)21(20)23(25)27/h3-8,11-13,15-16,20-21H,2,9-10H2,1H3. The van der Waals surface area contributed by atoms with Crippen molar-refractivity contribution in [2.45, 2.75) is 19.8 Å². The second kappa shape index (κ2) is 6.59. The SMILES string of the molecule is CCOc1ccc2ccccc2c1C=NN1C(=O)C2C3C=CC(CC3)C2C1=O. The van der Waals surface area contributed by atoms with E-state index in [0.29, 0.717) is 12.4 Å². The number of allylic oxidation sites excluding steroid dienone is 2. The molecule has 4 aliphatic rings. The predicted octanol–water partition coefficient (Wildman–Crippen LogP) is 3.77. The highest BCUT2D eigenvalue weighted by Crippen LogP contribution is 2.49. The van der Waals surface area contributed by atoms with Crippen molar-refractivity contribution >= 4 is 28.8 Å². The summed E-state index contributed by atoms with van der Waals surface area (Å²) in [7, 11) is 0. The van der Waals surface area contributed by atoms with Crippen LogP contribution in [0.2, 0.25) is 0 Å². The largest absolute Gasteiger partial charge is 0.493 e. The van der Waals surface area contributed by atoms with Crippen LogP contribution in [0.4, 0.5) is 0 Å². The molecule has 2 aromatic carbocycles. The Morgan fingerprint density at radius 3 is 2.36 bits per heavy atom. The Bertz CT molecular complexity index is 994. The van der Waals surface area contributed by atoms with E-state index in [9.17, 15) is 9.59 Å². The van der Waals surface area contributed by atoms with Gasteiger partial charge in [-0.15, -0.1) is 0 Å². The van der Waals surface area contributed by atoms with Crippen LogP contribution >= 0.6 is 0 Å². The van der Waals surface area contributed by atoms with Gasteiger partial charge in [0, 0.05) is 5.56 Å². The zero-order chi connectivity index (χ0) is 19.3. The average molecular weight is 374 g/mol. The van der Waals surface area contributed by atoms with Crippen molar-refractivity contribution in [2.75, 3.05) is 6.61 Å². The highest BCUT2D eigenvalue weighted by molar-refractivity contribution is 6.08. The molecule has 2 amide bonds. The summed E-state index contributed by atoms with van der Waals surface area (Å²) in [6, 6.07) is 11.9. The van der Waals surface area contributed by atoms with E-state index in [0.717, 1.165) is 34.2 Å². The van der Waals surface area contributed by atoms with Crippen LogP contribution in [0.25, 0.3) is 10.8 Å². The Balaban J connectivity index is 1.52. The first-order valence-corrected chi connectivity index (χ1v) is 9.93. The Kier molecular flexibility index (Phi) is 4.04. The molecule has 3 aliphatic carbocycles. The van der Waals surface area contributed by atoms with E-state index in [1.165, 1.54) is 0 Å². The van der Waals surface area contributed by atoms with Crippen molar-refractivity contribution in [3.63, 3.8) is 0 Å². The van der Waals surface area contributed by atoms with Gasteiger partial charge in [-0.1, -0.05) is 42.5 Å². The maximum Gasteiger partial charge on any atom is 0.254 e. The van der Waals surface area contributed by atoms with Gasteiger partial charge in [0.2, 0.25) is 0 Å². The zero-order valence-corrected chi connectivity index (χ0v) is 15.7. The van der Waals surface area contributed by atoms with Crippen molar-refractivity contribution in [2.24, 2.45) is 28.8 Å². The maximum atomic E-state index is 13.0.